The van der Waals surface area contributed by atoms with Gasteiger partial charge in [0.25, 0.3) is 5.91 Å². The normalized spacial score (nSPS) is 10.6. The minimum absolute atomic E-state index is 0.0318. The standard InChI is InChI=1S/C29H29NO10/c1-33-18-9-7-17(8-10-18)30-24(31)15-39-29-26(32)25-20(35-3)13-19(34-2)14-21(25)40-27(29)16-11-22(36-4)28(38-6)23(12-16)37-5/h7-14H,15H2,1-6H3,(H,30,31). The molecule has 0 aliphatic rings. The van der Waals surface area contributed by atoms with Gasteiger partial charge >= 0.3 is 0 Å². The Balaban J connectivity index is 1.83. The summed E-state index contributed by atoms with van der Waals surface area (Å²) in [7, 11) is 8.86. The van der Waals surface area contributed by atoms with Gasteiger partial charge in [0, 0.05) is 23.4 Å². The summed E-state index contributed by atoms with van der Waals surface area (Å²) in [6.45, 7) is -0.488. The molecular weight excluding hydrogens is 522 g/mol. The number of fused-ring (bicyclic) bond motifs is 1. The van der Waals surface area contributed by atoms with Crippen LogP contribution in [0.15, 0.2) is 57.7 Å². The maximum absolute atomic E-state index is 13.8. The number of rotatable bonds is 11. The third kappa shape index (κ3) is 5.53. The van der Waals surface area contributed by atoms with Crippen molar-refractivity contribution in [2.45, 2.75) is 0 Å². The van der Waals surface area contributed by atoms with Gasteiger partial charge in [0.1, 0.15) is 28.2 Å². The van der Waals surface area contributed by atoms with Crippen LogP contribution in [0.5, 0.6) is 40.2 Å². The molecule has 1 aromatic heterocycles. The first kappa shape index (κ1) is 28.0. The second-order valence-electron chi connectivity index (χ2n) is 8.27. The number of anilines is 1. The predicted molar refractivity (Wildman–Crippen MR) is 148 cm³/mol. The topological polar surface area (TPSA) is 124 Å². The number of carbonyl (C=O) groups excluding carboxylic acids is 1. The summed E-state index contributed by atoms with van der Waals surface area (Å²) in [5.41, 5.74) is 0.529. The number of amides is 1. The molecule has 4 rings (SSSR count). The molecule has 4 aromatic rings. The Kier molecular flexibility index (Phi) is 8.53. The minimum Gasteiger partial charge on any atom is -0.497 e. The smallest absolute Gasteiger partial charge is 0.262 e. The third-order valence-electron chi connectivity index (χ3n) is 5.99. The molecule has 0 spiro atoms. The summed E-state index contributed by atoms with van der Waals surface area (Å²) in [6.07, 6.45) is 0. The molecule has 11 heteroatoms. The van der Waals surface area contributed by atoms with Crippen LogP contribution in [0.1, 0.15) is 0 Å². The van der Waals surface area contributed by atoms with Gasteiger partial charge in [-0.15, -0.1) is 0 Å². The van der Waals surface area contributed by atoms with Gasteiger partial charge in [-0.25, -0.2) is 0 Å². The van der Waals surface area contributed by atoms with E-state index in [0.717, 1.165) is 0 Å². The zero-order valence-corrected chi connectivity index (χ0v) is 22.9. The number of benzene rings is 3. The number of hydrogen-bond acceptors (Lipinski definition) is 10. The average molecular weight is 552 g/mol. The minimum atomic E-state index is -0.554. The lowest BCUT2D eigenvalue weighted by atomic mass is 10.1. The number of carbonyl (C=O) groups is 1. The summed E-state index contributed by atoms with van der Waals surface area (Å²) in [6, 6.07) is 13.1. The van der Waals surface area contributed by atoms with Crippen LogP contribution in [0.3, 0.4) is 0 Å². The molecule has 0 unspecified atom stereocenters. The fraction of sp³-hybridized carbons (Fsp3) is 0.241. The van der Waals surface area contributed by atoms with Crippen molar-refractivity contribution in [2.24, 2.45) is 0 Å². The van der Waals surface area contributed by atoms with Gasteiger partial charge in [-0.2, -0.15) is 0 Å². The van der Waals surface area contributed by atoms with E-state index < -0.39 is 17.9 Å². The highest BCUT2D eigenvalue weighted by Gasteiger charge is 2.25. The summed E-state index contributed by atoms with van der Waals surface area (Å²) in [5.74, 6) is 1.59. The van der Waals surface area contributed by atoms with Gasteiger partial charge in [0.15, 0.2) is 23.9 Å². The highest BCUT2D eigenvalue weighted by molar-refractivity contribution is 5.93. The van der Waals surface area contributed by atoms with E-state index >= 15 is 0 Å². The molecule has 0 radical (unpaired) electrons. The van der Waals surface area contributed by atoms with Gasteiger partial charge in [0.05, 0.1) is 42.7 Å². The highest BCUT2D eigenvalue weighted by atomic mass is 16.5. The van der Waals surface area contributed by atoms with Crippen molar-refractivity contribution < 1.29 is 42.4 Å². The fourth-order valence-electron chi connectivity index (χ4n) is 4.06. The van der Waals surface area contributed by atoms with Gasteiger partial charge < -0.3 is 42.9 Å². The van der Waals surface area contributed by atoms with Crippen molar-refractivity contribution in [3.63, 3.8) is 0 Å². The Morgan fingerprint density at radius 1 is 0.725 bits per heavy atom. The van der Waals surface area contributed by atoms with Gasteiger partial charge in [-0.1, -0.05) is 0 Å². The lowest BCUT2D eigenvalue weighted by molar-refractivity contribution is -0.118. The largest absolute Gasteiger partial charge is 0.497 e. The molecule has 210 valence electrons. The molecule has 40 heavy (non-hydrogen) atoms. The molecule has 3 aromatic carbocycles. The monoisotopic (exact) mass is 551 g/mol. The molecule has 0 aliphatic heterocycles. The van der Waals surface area contributed by atoms with E-state index in [2.05, 4.69) is 5.32 Å². The van der Waals surface area contributed by atoms with Crippen molar-refractivity contribution >= 4 is 22.6 Å². The first-order valence-corrected chi connectivity index (χ1v) is 12.0. The molecule has 1 N–H and O–H groups in total. The quantitative estimate of drug-likeness (QED) is 0.284. The van der Waals surface area contributed by atoms with E-state index in [-0.39, 0.29) is 28.2 Å². The maximum Gasteiger partial charge on any atom is 0.262 e. The van der Waals surface area contributed by atoms with Crippen LogP contribution in [-0.4, -0.2) is 55.2 Å². The first-order valence-electron chi connectivity index (χ1n) is 12.0. The van der Waals surface area contributed by atoms with Crippen LogP contribution in [0, 0.1) is 0 Å². The van der Waals surface area contributed by atoms with Crippen molar-refractivity contribution in [2.75, 3.05) is 54.6 Å². The van der Waals surface area contributed by atoms with Crippen LogP contribution >= 0.6 is 0 Å². The molecule has 0 saturated carbocycles. The fourth-order valence-corrected chi connectivity index (χ4v) is 4.06. The molecule has 0 atom stereocenters. The Bertz CT molecular complexity index is 1550. The summed E-state index contributed by atoms with van der Waals surface area (Å²) in [4.78, 5) is 26.6. The first-order chi connectivity index (χ1) is 19.4. The van der Waals surface area contributed by atoms with Crippen molar-refractivity contribution in [3.05, 3.63) is 58.8 Å². The Hall–Kier alpha value is -5.06. The number of nitrogens with one attached hydrogen (secondary N) is 1. The molecule has 11 nitrogen and oxygen atoms in total. The van der Waals surface area contributed by atoms with E-state index in [4.69, 9.17) is 37.6 Å². The molecule has 0 saturated heterocycles. The second kappa shape index (κ2) is 12.2. The van der Waals surface area contributed by atoms with Crippen LogP contribution in [-0.2, 0) is 4.79 Å². The maximum atomic E-state index is 13.8. The molecule has 0 fully saturated rings. The van der Waals surface area contributed by atoms with E-state index in [1.54, 1.807) is 55.6 Å². The van der Waals surface area contributed by atoms with Crippen LogP contribution in [0.2, 0.25) is 0 Å². The van der Waals surface area contributed by atoms with Crippen molar-refractivity contribution in [1.29, 1.82) is 0 Å². The van der Waals surface area contributed by atoms with Gasteiger partial charge in [0.2, 0.25) is 16.9 Å². The Morgan fingerprint density at radius 2 is 1.35 bits per heavy atom. The molecule has 1 amide bonds. The van der Waals surface area contributed by atoms with Crippen molar-refractivity contribution in [3.8, 4) is 51.6 Å². The van der Waals surface area contributed by atoms with E-state index in [9.17, 15) is 9.59 Å². The summed E-state index contributed by atoms with van der Waals surface area (Å²) >= 11 is 0. The average Bonchev–Trinajstić information content (AvgIpc) is 2.99. The van der Waals surface area contributed by atoms with Gasteiger partial charge in [-0.3, -0.25) is 9.59 Å². The zero-order chi connectivity index (χ0) is 28.8. The van der Waals surface area contributed by atoms with Crippen LogP contribution < -0.4 is 43.9 Å². The lowest BCUT2D eigenvalue weighted by Gasteiger charge is -2.17. The van der Waals surface area contributed by atoms with Crippen molar-refractivity contribution in [1.82, 2.24) is 0 Å². The SMILES string of the molecule is COc1ccc(NC(=O)COc2c(-c3cc(OC)c(OC)c(OC)c3)oc3cc(OC)cc(OC)c3c2=O)cc1. The third-order valence-corrected chi connectivity index (χ3v) is 5.99. The number of methoxy groups -OCH3 is 6. The van der Waals surface area contributed by atoms with Crippen LogP contribution in [0.25, 0.3) is 22.3 Å². The highest BCUT2D eigenvalue weighted by Crippen LogP contribution is 2.44. The van der Waals surface area contributed by atoms with E-state index in [1.165, 1.54) is 35.5 Å². The van der Waals surface area contributed by atoms with Crippen LogP contribution in [0.4, 0.5) is 5.69 Å². The van der Waals surface area contributed by atoms with E-state index in [1.807, 2.05) is 0 Å². The molecule has 1 heterocycles. The summed E-state index contributed by atoms with van der Waals surface area (Å²) in [5, 5.41) is 2.83. The Morgan fingerprint density at radius 3 is 1.90 bits per heavy atom. The lowest BCUT2D eigenvalue weighted by Crippen LogP contribution is -2.22. The van der Waals surface area contributed by atoms with E-state index in [0.29, 0.717) is 40.0 Å². The zero-order valence-electron chi connectivity index (χ0n) is 22.9. The molecule has 0 aliphatic carbocycles. The molecular formula is C29H29NO10. The molecule has 0 bridgehead atoms. The number of ether oxygens (including phenoxy) is 7. The summed E-state index contributed by atoms with van der Waals surface area (Å²) < 4.78 is 44.3. The Labute approximate surface area is 230 Å². The van der Waals surface area contributed by atoms with Gasteiger partial charge in [-0.05, 0) is 36.4 Å². The number of hydrogen-bond donors (Lipinski definition) is 1. The predicted octanol–water partition coefficient (Wildman–Crippen LogP) is 4.53. The second-order valence-corrected chi connectivity index (χ2v) is 8.27.